The third-order valence-corrected chi connectivity index (χ3v) is 5.91. The van der Waals surface area contributed by atoms with Crippen molar-refractivity contribution in [2.24, 2.45) is 0 Å². The summed E-state index contributed by atoms with van der Waals surface area (Å²) >= 11 is 6.31. The number of halogens is 1. The molecule has 0 aliphatic carbocycles. The van der Waals surface area contributed by atoms with Gasteiger partial charge in [-0.15, -0.1) is 10.2 Å². The van der Waals surface area contributed by atoms with E-state index in [1.54, 1.807) is 12.1 Å². The normalized spacial score (nSPS) is 19.2. The van der Waals surface area contributed by atoms with E-state index in [0.717, 1.165) is 50.3 Å². The number of rotatable bonds is 4. The second-order valence-electron chi connectivity index (χ2n) is 7.29. The van der Waals surface area contributed by atoms with E-state index in [1.807, 2.05) is 4.90 Å². The van der Waals surface area contributed by atoms with Gasteiger partial charge < -0.3 is 18.9 Å². The second kappa shape index (κ2) is 7.99. The van der Waals surface area contributed by atoms with Crippen molar-refractivity contribution in [2.45, 2.75) is 51.1 Å². The average Bonchev–Trinajstić information content (AvgIpc) is 3.27. The highest BCUT2D eigenvalue weighted by Crippen LogP contribution is 2.38. The first-order chi connectivity index (χ1) is 13.6. The van der Waals surface area contributed by atoms with E-state index in [2.05, 4.69) is 14.8 Å². The lowest BCUT2D eigenvalue weighted by Gasteiger charge is -2.25. The summed E-state index contributed by atoms with van der Waals surface area (Å²) in [6, 6.07) is 3.27. The Bertz CT molecular complexity index is 883. The molecule has 8 heteroatoms. The second-order valence-corrected chi connectivity index (χ2v) is 7.69. The van der Waals surface area contributed by atoms with Crippen molar-refractivity contribution >= 4 is 17.5 Å². The molecule has 2 aliphatic heterocycles. The van der Waals surface area contributed by atoms with Gasteiger partial charge in [0.2, 0.25) is 0 Å². The van der Waals surface area contributed by atoms with Crippen LogP contribution in [-0.2, 0) is 13.0 Å². The highest BCUT2D eigenvalue weighted by molar-refractivity contribution is 6.32. The van der Waals surface area contributed by atoms with Crippen molar-refractivity contribution in [3.8, 4) is 11.5 Å². The Labute approximate surface area is 169 Å². The zero-order valence-electron chi connectivity index (χ0n) is 16.3. The fourth-order valence-corrected chi connectivity index (χ4v) is 4.53. The van der Waals surface area contributed by atoms with Crippen LogP contribution in [0, 0.1) is 0 Å². The Hall–Kier alpha value is -2.28. The number of likely N-dealkylation sites (tertiary alicyclic amines) is 1. The Balaban J connectivity index is 1.65. The molecule has 0 radical (unpaired) electrons. The van der Waals surface area contributed by atoms with Gasteiger partial charge in [0.25, 0.3) is 5.91 Å². The van der Waals surface area contributed by atoms with Gasteiger partial charge >= 0.3 is 0 Å². The summed E-state index contributed by atoms with van der Waals surface area (Å²) in [5.41, 5.74) is 0.491. The van der Waals surface area contributed by atoms with Gasteiger partial charge in [0.1, 0.15) is 5.82 Å². The van der Waals surface area contributed by atoms with Crippen LogP contribution in [0.25, 0.3) is 0 Å². The lowest BCUT2D eigenvalue weighted by atomic mass is 10.1. The standard InChI is InChI=1S/C20H25ClN4O3/c1-27-16-12-13(11-14(21)18(16)28-2)20(26)24-10-6-7-15(24)19-23-22-17-8-4-3-5-9-25(17)19/h11-12,15H,3-10H2,1-2H3/t15-/m1/s1. The van der Waals surface area contributed by atoms with Gasteiger partial charge in [-0.3, -0.25) is 4.79 Å². The summed E-state index contributed by atoms with van der Waals surface area (Å²) < 4.78 is 12.9. The van der Waals surface area contributed by atoms with Gasteiger partial charge in [0.05, 0.1) is 25.3 Å². The molecule has 3 heterocycles. The highest BCUT2D eigenvalue weighted by Gasteiger charge is 2.35. The first-order valence-corrected chi connectivity index (χ1v) is 10.2. The topological polar surface area (TPSA) is 69.5 Å². The van der Waals surface area contributed by atoms with Gasteiger partial charge in [0.15, 0.2) is 17.3 Å². The molecule has 0 N–H and O–H groups in total. The Kier molecular flexibility index (Phi) is 5.44. The van der Waals surface area contributed by atoms with Crippen LogP contribution in [0.5, 0.6) is 11.5 Å². The van der Waals surface area contributed by atoms with Gasteiger partial charge in [-0.1, -0.05) is 18.0 Å². The lowest BCUT2D eigenvalue weighted by molar-refractivity contribution is 0.0726. The summed E-state index contributed by atoms with van der Waals surface area (Å²) in [5, 5.41) is 9.24. The lowest BCUT2D eigenvalue weighted by Crippen LogP contribution is -2.32. The number of aromatic nitrogens is 3. The van der Waals surface area contributed by atoms with Crippen LogP contribution < -0.4 is 9.47 Å². The number of hydrogen-bond donors (Lipinski definition) is 0. The molecule has 1 aromatic carbocycles. The molecular weight excluding hydrogens is 380 g/mol. The molecule has 1 fully saturated rings. The van der Waals surface area contributed by atoms with Gasteiger partial charge in [0, 0.05) is 25.1 Å². The molecule has 0 spiro atoms. The van der Waals surface area contributed by atoms with Crippen LogP contribution in [-0.4, -0.2) is 46.3 Å². The maximum Gasteiger partial charge on any atom is 0.254 e. The molecule has 2 aliphatic rings. The molecule has 0 unspecified atom stereocenters. The molecule has 1 amide bonds. The fraction of sp³-hybridized carbons (Fsp3) is 0.550. The minimum atomic E-state index is -0.0728. The SMILES string of the molecule is COc1cc(C(=O)N2CCC[C@@H]2c2nnc3n2CCCCC3)cc(Cl)c1OC. The van der Waals surface area contributed by atoms with Gasteiger partial charge in [-0.05, 0) is 37.8 Å². The number of methoxy groups -OCH3 is 2. The molecule has 1 aromatic heterocycles. The molecule has 28 heavy (non-hydrogen) atoms. The quantitative estimate of drug-likeness (QED) is 0.777. The predicted molar refractivity (Wildman–Crippen MR) is 105 cm³/mol. The van der Waals surface area contributed by atoms with Crippen molar-refractivity contribution in [3.63, 3.8) is 0 Å². The number of fused-ring (bicyclic) bond motifs is 1. The molecule has 0 saturated carbocycles. The zero-order valence-corrected chi connectivity index (χ0v) is 17.0. The number of hydrogen-bond acceptors (Lipinski definition) is 5. The van der Waals surface area contributed by atoms with Gasteiger partial charge in [-0.25, -0.2) is 0 Å². The number of aryl methyl sites for hydroxylation is 1. The van der Waals surface area contributed by atoms with Crippen LogP contribution >= 0.6 is 11.6 Å². The van der Waals surface area contributed by atoms with E-state index in [-0.39, 0.29) is 11.9 Å². The Morgan fingerprint density at radius 1 is 1.11 bits per heavy atom. The summed E-state index contributed by atoms with van der Waals surface area (Å²) in [6.07, 6.45) is 6.28. The summed E-state index contributed by atoms with van der Waals surface area (Å²) in [7, 11) is 3.06. The number of carbonyl (C=O) groups excluding carboxylic acids is 1. The first kappa shape index (κ1) is 19.1. The van der Waals surface area contributed by atoms with Crippen molar-refractivity contribution in [1.29, 1.82) is 0 Å². The smallest absolute Gasteiger partial charge is 0.254 e. The predicted octanol–water partition coefficient (Wildman–Crippen LogP) is 3.65. The molecule has 0 bridgehead atoms. The Morgan fingerprint density at radius 2 is 1.96 bits per heavy atom. The molecule has 1 saturated heterocycles. The molecule has 4 rings (SSSR count). The number of nitrogens with zero attached hydrogens (tertiary/aromatic N) is 4. The van der Waals surface area contributed by atoms with E-state index in [0.29, 0.717) is 28.6 Å². The largest absolute Gasteiger partial charge is 0.493 e. The third kappa shape index (κ3) is 3.32. The first-order valence-electron chi connectivity index (χ1n) is 9.78. The average molecular weight is 405 g/mol. The number of carbonyl (C=O) groups is 1. The number of benzene rings is 1. The highest BCUT2D eigenvalue weighted by atomic mass is 35.5. The summed E-state index contributed by atoms with van der Waals surface area (Å²) in [4.78, 5) is 15.2. The van der Waals surface area contributed by atoms with Crippen molar-refractivity contribution < 1.29 is 14.3 Å². The van der Waals surface area contributed by atoms with Crippen molar-refractivity contribution in [2.75, 3.05) is 20.8 Å². The van der Waals surface area contributed by atoms with Crippen molar-refractivity contribution in [1.82, 2.24) is 19.7 Å². The Morgan fingerprint density at radius 3 is 2.75 bits per heavy atom. The van der Waals surface area contributed by atoms with Crippen LogP contribution in [0.2, 0.25) is 5.02 Å². The molecular formula is C20H25ClN4O3. The van der Waals surface area contributed by atoms with E-state index in [4.69, 9.17) is 21.1 Å². The van der Waals surface area contributed by atoms with E-state index in [1.165, 1.54) is 20.6 Å². The van der Waals surface area contributed by atoms with Crippen LogP contribution in [0.15, 0.2) is 12.1 Å². The maximum atomic E-state index is 13.3. The summed E-state index contributed by atoms with van der Waals surface area (Å²) in [6.45, 7) is 1.62. The number of amides is 1. The minimum Gasteiger partial charge on any atom is -0.493 e. The van der Waals surface area contributed by atoms with E-state index < -0.39 is 0 Å². The summed E-state index contributed by atoms with van der Waals surface area (Å²) in [5.74, 6) is 2.76. The minimum absolute atomic E-state index is 0.0567. The van der Waals surface area contributed by atoms with Crippen LogP contribution in [0.3, 0.4) is 0 Å². The molecule has 7 nitrogen and oxygen atoms in total. The van der Waals surface area contributed by atoms with Crippen LogP contribution in [0.4, 0.5) is 0 Å². The molecule has 2 aromatic rings. The van der Waals surface area contributed by atoms with E-state index in [9.17, 15) is 4.79 Å². The zero-order chi connectivity index (χ0) is 19.7. The molecule has 1 atom stereocenters. The molecule has 150 valence electrons. The van der Waals surface area contributed by atoms with Crippen molar-refractivity contribution in [3.05, 3.63) is 34.4 Å². The van der Waals surface area contributed by atoms with E-state index >= 15 is 0 Å². The third-order valence-electron chi connectivity index (χ3n) is 5.63. The number of ether oxygens (including phenoxy) is 2. The van der Waals surface area contributed by atoms with Gasteiger partial charge in [-0.2, -0.15) is 0 Å². The fourth-order valence-electron chi connectivity index (χ4n) is 4.24. The van der Waals surface area contributed by atoms with Crippen LogP contribution in [0.1, 0.15) is 60.2 Å². The monoisotopic (exact) mass is 404 g/mol. The maximum absolute atomic E-state index is 13.3.